The highest BCUT2D eigenvalue weighted by atomic mass is 79.9. The van der Waals surface area contributed by atoms with Crippen molar-refractivity contribution in [1.29, 1.82) is 0 Å². The smallest absolute Gasteiger partial charge is 0.0661 e. The molecule has 1 aromatic carbocycles. The lowest BCUT2D eigenvalue weighted by Crippen LogP contribution is -2.24. The maximum absolute atomic E-state index is 9.19. The van der Waals surface area contributed by atoms with E-state index in [2.05, 4.69) is 38.4 Å². The van der Waals surface area contributed by atoms with Gasteiger partial charge in [-0.3, -0.25) is 4.99 Å². The molecule has 0 saturated heterocycles. The third-order valence-electron chi connectivity index (χ3n) is 2.78. The molecule has 1 atom stereocenters. The number of aliphatic hydroxyl groups excluding tert-OH is 1. The van der Waals surface area contributed by atoms with Crippen LogP contribution in [0.1, 0.15) is 24.5 Å². The van der Waals surface area contributed by atoms with E-state index in [1.165, 1.54) is 11.1 Å². The van der Waals surface area contributed by atoms with Crippen LogP contribution in [-0.4, -0.2) is 24.0 Å². The standard InChI is InChI=1S/C13H17BrN2O/c1-9(17)7-15-8-11-6-13-10(5-12(11)14)3-2-4-16-13/h4-6,9,15,17H,2-3,7-8H2,1H3/t9-/m1/s1. The Morgan fingerprint density at radius 3 is 3.12 bits per heavy atom. The third kappa shape index (κ3) is 3.37. The van der Waals surface area contributed by atoms with E-state index in [0.717, 1.165) is 29.5 Å². The van der Waals surface area contributed by atoms with Crippen molar-refractivity contribution >= 4 is 27.8 Å². The summed E-state index contributed by atoms with van der Waals surface area (Å²) >= 11 is 3.59. The van der Waals surface area contributed by atoms with Crippen LogP contribution in [0.3, 0.4) is 0 Å². The van der Waals surface area contributed by atoms with Crippen LogP contribution in [0.5, 0.6) is 0 Å². The zero-order chi connectivity index (χ0) is 12.3. The molecule has 0 radical (unpaired) electrons. The van der Waals surface area contributed by atoms with Crippen LogP contribution in [-0.2, 0) is 13.0 Å². The van der Waals surface area contributed by atoms with Gasteiger partial charge in [-0.25, -0.2) is 0 Å². The molecule has 1 aromatic rings. The van der Waals surface area contributed by atoms with Gasteiger partial charge < -0.3 is 10.4 Å². The van der Waals surface area contributed by atoms with Gasteiger partial charge in [0.1, 0.15) is 0 Å². The summed E-state index contributed by atoms with van der Waals surface area (Å²) in [6.07, 6.45) is 3.76. The van der Waals surface area contributed by atoms with Gasteiger partial charge in [-0.15, -0.1) is 0 Å². The van der Waals surface area contributed by atoms with Gasteiger partial charge in [0, 0.05) is 23.8 Å². The van der Waals surface area contributed by atoms with E-state index in [1.807, 2.05) is 6.21 Å². The second-order valence-corrected chi connectivity index (χ2v) is 5.26. The molecule has 0 unspecified atom stereocenters. The zero-order valence-electron chi connectivity index (χ0n) is 9.91. The molecule has 92 valence electrons. The first-order valence-corrected chi connectivity index (χ1v) is 6.68. The molecule has 0 aromatic heterocycles. The number of nitrogens with one attached hydrogen (secondary N) is 1. The van der Waals surface area contributed by atoms with Gasteiger partial charge in [0.25, 0.3) is 0 Å². The minimum Gasteiger partial charge on any atom is -0.392 e. The second kappa shape index (κ2) is 5.76. The first-order chi connectivity index (χ1) is 8.16. The van der Waals surface area contributed by atoms with Crippen LogP contribution in [0, 0.1) is 0 Å². The van der Waals surface area contributed by atoms with Gasteiger partial charge in [0.2, 0.25) is 0 Å². The monoisotopic (exact) mass is 296 g/mol. The Bertz CT molecular complexity index is 430. The van der Waals surface area contributed by atoms with E-state index >= 15 is 0 Å². The molecule has 2 N–H and O–H groups in total. The number of benzene rings is 1. The lowest BCUT2D eigenvalue weighted by molar-refractivity contribution is 0.191. The molecule has 0 amide bonds. The van der Waals surface area contributed by atoms with Crippen LogP contribution < -0.4 is 5.32 Å². The molecule has 1 aliphatic rings. The van der Waals surface area contributed by atoms with Crippen LogP contribution in [0.2, 0.25) is 0 Å². The molecular weight excluding hydrogens is 280 g/mol. The summed E-state index contributed by atoms with van der Waals surface area (Å²) in [6, 6.07) is 4.27. The minimum atomic E-state index is -0.315. The highest BCUT2D eigenvalue weighted by Crippen LogP contribution is 2.30. The fourth-order valence-corrected chi connectivity index (χ4v) is 2.43. The van der Waals surface area contributed by atoms with Gasteiger partial charge in [-0.1, -0.05) is 15.9 Å². The number of rotatable bonds is 4. The number of hydrogen-bond acceptors (Lipinski definition) is 3. The molecule has 0 bridgehead atoms. The molecule has 0 saturated carbocycles. The van der Waals surface area contributed by atoms with Crippen LogP contribution >= 0.6 is 15.9 Å². The van der Waals surface area contributed by atoms with Gasteiger partial charge in [0.05, 0.1) is 11.8 Å². The quantitative estimate of drug-likeness (QED) is 0.897. The average Bonchev–Trinajstić information content (AvgIpc) is 2.29. The van der Waals surface area contributed by atoms with Crippen molar-refractivity contribution in [3.05, 3.63) is 27.7 Å². The first-order valence-electron chi connectivity index (χ1n) is 5.89. The maximum atomic E-state index is 9.19. The summed E-state index contributed by atoms with van der Waals surface area (Å²) in [5.74, 6) is 0. The second-order valence-electron chi connectivity index (χ2n) is 4.40. The predicted octanol–water partition coefficient (Wildman–Crippen LogP) is 2.57. The lowest BCUT2D eigenvalue weighted by Gasteiger charge is -2.14. The van der Waals surface area contributed by atoms with Crippen LogP contribution in [0.4, 0.5) is 5.69 Å². The molecule has 0 spiro atoms. The topological polar surface area (TPSA) is 44.6 Å². The van der Waals surface area contributed by atoms with Crippen molar-refractivity contribution in [2.45, 2.75) is 32.4 Å². The molecule has 17 heavy (non-hydrogen) atoms. The van der Waals surface area contributed by atoms with Crippen molar-refractivity contribution < 1.29 is 5.11 Å². The number of aliphatic hydroxyl groups is 1. The molecule has 4 heteroatoms. The first kappa shape index (κ1) is 12.7. The van der Waals surface area contributed by atoms with E-state index in [0.29, 0.717) is 6.54 Å². The van der Waals surface area contributed by atoms with E-state index in [1.54, 1.807) is 6.92 Å². The molecule has 0 aliphatic carbocycles. The Morgan fingerprint density at radius 2 is 2.35 bits per heavy atom. The molecule has 2 rings (SSSR count). The fourth-order valence-electron chi connectivity index (χ4n) is 1.90. The fraction of sp³-hybridized carbons (Fsp3) is 0.462. The van der Waals surface area contributed by atoms with Gasteiger partial charge in [-0.2, -0.15) is 0 Å². The molecule has 1 heterocycles. The normalized spacial score (nSPS) is 15.7. The summed E-state index contributed by atoms with van der Waals surface area (Å²) in [4.78, 5) is 4.41. The Labute approximate surface area is 110 Å². The minimum absolute atomic E-state index is 0.315. The Balaban J connectivity index is 2.10. The van der Waals surface area contributed by atoms with Crippen molar-refractivity contribution in [2.24, 2.45) is 4.99 Å². The Kier molecular flexibility index (Phi) is 4.31. The molecule has 1 aliphatic heterocycles. The summed E-state index contributed by atoms with van der Waals surface area (Å²) in [5, 5.41) is 12.4. The maximum Gasteiger partial charge on any atom is 0.0661 e. The molecule has 3 nitrogen and oxygen atoms in total. The summed E-state index contributed by atoms with van der Waals surface area (Å²) in [7, 11) is 0. The number of nitrogens with zero attached hydrogens (tertiary/aromatic N) is 1. The Hall–Kier alpha value is -0.710. The summed E-state index contributed by atoms with van der Waals surface area (Å²) in [6.45, 7) is 3.13. The van der Waals surface area contributed by atoms with Gasteiger partial charge in [-0.05, 0) is 43.0 Å². The lowest BCUT2D eigenvalue weighted by atomic mass is 10.0. The van der Waals surface area contributed by atoms with Crippen LogP contribution in [0.15, 0.2) is 21.6 Å². The Morgan fingerprint density at radius 1 is 1.53 bits per heavy atom. The van der Waals surface area contributed by atoms with Gasteiger partial charge in [0.15, 0.2) is 0 Å². The number of aryl methyl sites for hydroxylation is 1. The van der Waals surface area contributed by atoms with E-state index in [4.69, 9.17) is 0 Å². The number of aliphatic imine (C=N–C) groups is 1. The van der Waals surface area contributed by atoms with Crippen molar-refractivity contribution in [1.82, 2.24) is 5.32 Å². The van der Waals surface area contributed by atoms with E-state index in [-0.39, 0.29) is 6.10 Å². The highest BCUT2D eigenvalue weighted by molar-refractivity contribution is 9.10. The molecule has 0 fully saturated rings. The zero-order valence-corrected chi connectivity index (χ0v) is 11.5. The number of hydrogen-bond donors (Lipinski definition) is 2. The van der Waals surface area contributed by atoms with Gasteiger partial charge >= 0.3 is 0 Å². The van der Waals surface area contributed by atoms with Crippen molar-refractivity contribution in [2.75, 3.05) is 6.54 Å². The number of halogens is 1. The van der Waals surface area contributed by atoms with Crippen molar-refractivity contribution in [3.8, 4) is 0 Å². The largest absolute Gasteiger partial charge is 0.392 e. The van der Waals surface area contributed by atoms with E-state index in [9.17, 15) is 5.11 Å². The highest BCUT2D eigenvalue weighted by Gasteiger charge is 2.10. The van der Waals surface area contributed by atoms with Crippen molar-refractivity contribution in [3.63, 3.8) is 0 Å². The predicted molar refractivity (Wildman–Crippen MR) is 74.0 cm³/mol. The number of fused-ring (bicyclic) bond motifs is 1. The van der Waals surface area contributed by atoms with Crippen LogP contribution in [0.25, 0.3) is 0 Å². The van der Waals surface area contributed by atoms with E-state index < -0.39 is 0 Å². The SMILES string of the molecule is C[C@@H](O)CNCc1cc2c(cc1Br)CCC=N2. The molecular formula is C13H17BrN2O. The summed E-state index contributed by atoms with van der Waals surface area (Å²) < 4.78 is 1.12. The third-order valence-corrected chi connectivity index (χ3v) is 3.51. The average molecular weight is 297 g/mol. The summed E-state index contributed by atoms with van der Waals surface area (Å²) in [5.41, 5.74) is 3.57.